The van der Waals surface area contributed by atoms with Crippen LogP contribution in [0.4, 0.5) is 8.78 Å². The van der Waals surface area contributed by atoms with Crippen molar-refractivity contribution < 1.29 is 23.1 Å². The molecule has 0 saturated heterocycles. The van der Waals surface area contributed by atoms with E-state index in [2.05, 4.69) is 20.6 Å². The summed E-state index contributed by atoms with van der Waals surface area (Å²) in [6.45, 7) is 2.36. The number of ether oxygens (including phenoxy) is 1. The third kappa shape index (κ3) is 6.85. The van der Waals surface area contributed by atoms with Gasteiger partial charge in [0.1, 0.15) is 17.4 Å². The Hall–Kier alpha value is -4.88. The van der Waals surface area contributed by atoms with Crippen molar-refractivity contribution in [2.45, 2.75) is 31.1 Å². The maximum Gasteiger partial charge on any atom is 0.254 e. The second kappa shape index (κ2) is 14.0. The zero-order valence-electron chi connectivity index (χ0n) is 24.6. The van der Waals surface area contributed by atoms with E-state index in [0.29, 0.717) is 35.4 Å². The van der Waals surface area contributed by atoms with Gasteiger partial charge in [-0.3, -0.25) is 14.2 Å². The van der Waals surface area contributed by atoms with Crippen molar-refractivity contribution in [3.63, 3.8) is 0 Å². The summed E-state index contributed by atoms with van der Waals surface area (Å²) in [5.74, 6) is -0.802. The number of nitrogens with zero attached hydrogens (tertiary/aromatic N) is 5. The summed E-state index contributed by atoms with van der Waals surface area (Å²) < 4.78 is 35.2. The molecule has 6 rings (SSSR count). The molecule has 1 aliphatic rings. The molecule has 9 nitrogen and oxygen atoms in total. The third-order valence-corrected chi connectivity index (χ3v) is 9.02. The lowest BCUT2D eigenvalue weighted by atomic mass is 10.0. The quantitative estimate of drug-likeness (QED) is 0.165. The fourth-order valence-electron chi connectivity index (χ4n) is 4.99. The van der Waals surface area contributed by atoms with Crippen LogP contribution in [0, 0.1) is 11.6 Å². The van der Waals surface area contributed by atoms with E-state index in [-0.39, 0.29) is 35.6 Å². The van der Waals surface area contributed by atoms with Crippen molar-refractivity contribution in [1.29, 1.82) is 0 Å². The van der Waals surface area contributed by atoms with Gasteiger partial charge in [0.15, 0.2) is 11.0 Å². The molecular formula is C33H28F2N6O3S2. The molecule has 1 atom stereocenters. The standard InChI is InChI=1S/C33H28F2N6O3S2/c1-2-44-24-15-13-23(14-16-24)40-30(19-36-32(43)25-6-3-4-7-26(25)35)37-38-33(40)46-20-31(42)41-28(21-9-11-22(34)12-10-21)18-27(39-41)29-8-5-17-45-29/h3-17,28H,2,18-20H2,1H3,(H,36,43). The highest BCUT2D eigenvalue weighted by molar-refractivity contribution is 7.99. The molecule has 1 N–H and O–H groups in total. The van der Waals surface area contributed by atoms with Gasteiger partial charge in [-0.15, -0.1) is 21.5 Å². The summed E-state index contributed by atoms with van der Waals surface area (Å²) in [5.41, 5.74) is 2.16. The molecule has 2 aromatic heterocycles. The second-order valence-corrected chi connectivity index (χ2v) is 12.0. The number of hydrogen-bond donors (Lipinski definition) is 1. The average molecular weight is 659 g/mol. The fourth-order valence-corrected chi connectivity index (χ4v) is 6.54. The number of amides is 2. The van der Waals surface area contributed by atoms with Crippen LogP contribution >= 0.6 is 23.1 Å². The Labute approximate surface area is 271 Å². The van der Waals surface area contributed by atoms with E-state index in [0.717, 1.165) is 16.2 Å². The molecule has 1 unspecified atom stereocenters. The smallest absolute Gasteiger partial charge is 0.254 e. The molecule has 3 heterocycles. The topological polar surface area (TPSA) is 102 Å². The summed E-state index contributed by atoms with van der Waals surface area (Å²) >= 11 is 2.71. The lowest BCUT2D eigenvalue weighted by Gasteiger charge is -2.22. The molecule has 1 aliphatic heterocycles. The minimum Gasteiger partial charge on any atom is -0.494 e. The number of thioether (sulfide) groups is 1. The van der Waals surface area contributed by atoms with Crippen molar-refractivity contribution in [3.8, 4) is 11.4 Å². The lowest BCUT2D eigenvalue weighted by molar-refractivity contribution is -0.130. The minimum absolute atomic E-state index is 0.0182. The summed E-state index contributed by atoms with van der Waals surface area (Å²) in [6.07, 6.45) is 0.497. The van der Waals surface area contributed by atoms with Gasteiger partial charge in [-0.25, -0.2) is 13.8 Å². The predicted molar refractivity (Wildman–Crippen MR) is 172 cm³/mol. The molecule has 0 fully saturated rings. The van der Waals surface area contributed by atoms with Gasteiger partial charge < -0.3 is 10.1 Å². The van der Waals surface area contributed by atoms with E-state index in [9.17, 15) is 18.4 Å². The van der Waals surface area contributed by atoms with Crippen LogP contribution in [0.25, 0.3) is 5.69 Å². The number of rotatable bonds is 11. The van der Waals surface area contributed by atoms with E-state index in [1.54, 1.807) is 46.2 Å². The number of carbonyl (C=O) groups is 2. The molecule has 46 heavy (non-hydrogen) atoms. The van der Waals surface area contributed by atoms with Crippen LogP contribution in [-0.2, 0) is 11.3 Å². The van der Waals surface area contributed by atoms with Crippen LogP contribution < -0.4 is 10.1 Å². The van der Waals surface area contributed by atoms with Gasteiger partial charge >= 0.3 is 0 Å². The molecule has 0 aliphatic carbocycles. The average Bonchev–Trinajstić information content (AvgIpc) is 3.84. The monoisotopic (exact) mass is 658 g/mol. The Bertz CT molecular complexity index is 1860. The third-order valence-electron chi connectivity index (χ3n) is 7.18. The predicted octanol–water partition coefficient (Wildman–Crippen LogP) is 6.41. The lowest BCUT2D eigenvalue weighted by Crippen LogP contribution is -2.28. The van der Waals surface area contributed by atoms with Crippen LogP contribution in [0.15, 0.2) is 101 Å². The van der Waals surface area contributed by atoms with Crippen LogP contribution in [-0.4, -0.2) is 49.7 Å². The zero-order valence-corrected chi connectivity index (χ0v) is 26.2. The highest BCUT2D eigenvalue weighted by atomic mass is 32.2. The Morgan fingerprint density at radius 1 is 1.00 bits per heavy atom. The van der Waals surface area contributed by atoms with E-state index < -0.39 is 11.7 Å². The van der Waals surface area contributed by atoms with Gasteiger partial charge in [-0.2, -0.15) is 5.10 Å². The van der Waals surface area contributed by atoms with Crippen LogP contribution in [0.2, 0.25) is 0 Å². The molecule has 234 valence electrons. The van der Waals surface area contributed by atoms with Gasteiger partial charge in [-0.05, 0) is 72.5 Å². The van der Waals surface area contributed by atoms with Gasteiger partial charge in [0.25, 0.3) is 11.8 Å². The minimum atomic E-state index is -0.631. The first-order valence-electron chi connectivity index (χ1n) is 14.4. The number of carbonyl (C=O) groups excluding carboxylic acids is 2. The zero-order chi connectivity index (χ0) is 32.0. The van der Waals surface area contributed by atoms with E-state index in [4.69, 9.17) is 4.74 Å². The normalized spacial score (nSPS) is 14.3. The number of nitrogens with one attached hydrogen (secondary N) is 1. The molecular weight excluding hydrogens is 631 g/mol. The van der Waals surface area contributed by atoms with Crippen LogP contribution in [0.3, 0.4) is 0 Å². The number of thiophene rings is 1. The Morgan fingerprint density at radius 3 is 2.50 bits per heavy atom. The molecule has 13 heteroatoms. The Morgan fingerprint density at radius 2 is 1.78 bits per heavy atom. The summed E-state index contributed by atoms with van der Waals surface area (Å²) in [7, 11) is 0. The van der Waals surface area contributed by atoms with E-state index in [1.165, 1.54) is 47.1 Å². The highest BCUT2D eigenvalue weighted by Crippen LogP contribution is 2.35. The van der Waals surface area contributed by atoms with Crippen molar-refractivity contribution in [3.05, 3.63) is 124 Å². The molecule has 3 aromatic carbocycles. The molecule has 2 amide bonds. The van der Waals surface area contributed by atoms with Crippen molar-refractivity contribution in [2.75, 3.05) is 12.4 Å². The molecule has 5 aromatic rings. The molecule has 0 radical (unpaired) electrons. The Balaban J connectivity index is 1.24. The first kappa shape index (κ1) is 31.1. The largest absolute Gasteiger partial charge is 0.494 e. The number of hydrogen-bond acceptors (Lipinski definition) is 8. The maximum absolute atomic E-state index is 14.2. The van der Waals surface area contributed by atoms with E-state index >= 15 is 0 Å². The fraction of sp³-hybridized carbons (Fsp3) is 0.182. The van der Waals surface area contributed by atoms with Crippen molar-refractivity contribution >= 4 is 40.6 Å². The summed E-state index contributed by atoms with van der Waals surface area (Å²) in [5, 5.41) is 19.9. The van der Waals surface area contributed by atoms with E-state index in [1.807, 2.05) is 36.6 Å². The number of benzene rings is 3. The summed E-state index contributed by atoms with van der Waals surface area (Å²) in [4.78, 5) is 27.4. The molecule has 0 saturated carbocycles. The second-order valence-electron chi connectivity index (χ2n) is 10.1. The first-order chi connectivity index (χ1) is 22.4. The number of hydrazone groups is 1. The van der Waals surface area contributed by atoms with Crippen LogP contribution in [0.1, 0.15) is 46.0 Å². The van der Waals surface area contributed by atoms with Crippen molar-refractivity contribution in [2.24, 2.45) is 5.10 Å². The molecule has 0 bridgehead atoms. The van der Waals surface area contributed by atoms with Crippen molar-refractivity contribution in [1.82, 2.24) is 25.1 Å². The van der Waals surface area contributed by atoms with Gasteiger partial charge in [-0.1, -0.05) is 42.1 Å². The number of aromatic nitrogens is 3. The Kier molecular flexibility index (Phi) is 9.50. The summed E-state index contributed by atoms with van der Waals surface area (Å²) in [6, 6.07) is 22.6. The highest BCUT2D eigenvalue weighted by Gasteiger charge is 2.33. The van der Waals surface area contributed by atoms with Crippen LogP contribution in [0.5, 0.6) is 5.75 Å². The molecule has 0 spiro atoms. The SMILES string of the molecule is CCOc1ccc(-n2c(CNC(=O)c3ccccc3F)nnc2SCC(=O)N2N=C(c3cccs3)CC2c2ccc(F)cc2)cc1. The number of halogens is 2. The maximum atomic E-state index is 14.2. The first-order valence-corrected chi connectivity index (χ1v) is 16.3. The van der Waals surface area contributed by atoms with Gasteiger partial charge in [0.05, 0.1) is 41.1 Å². The van der Waals surface area contributed by atoms with Gasteiger partial charge in [0.2, 0.25) is 0 Å². The van der Waals surface area contributed by atoms with Gasteiger partial charge in [0, 0.05) is 12.1 Å².